The Morgan fingerprint density at radius 1 is 1.18 bits per heavy atom. The number of benzene rings is 2. The molecule has 5 N–H and O–H groups in total. The van der Waals surface area contributed by atoms with Gasteiger partial charge in [0, 0.05) is 17.9 Å². The van der Waals surface area contributed by atoms with Crippen LogP contribution in [0.15, 0.2) is 48.5 Å². The van der Waals surface area contributed by atoms with Gasteiger partial charge in [-0.05, 0) is 30.5 Å². The van der Waals surface area contributed by atoms with Crippen molar-refractivity contribution in [1.82, 2.24) is 20.8 Å². The number of carbonyl (C=O) groups excluding carboxylic acids is 2. The van der Waals surface area contributed by atoms with Crippen LogP contribution in [0.1, 0.15) is 44.1 Å². The number of hydrogen-bond donors (Lipinski definition) is 5. The Morgan fingerprint density at radius 3 is 2.58 bits per heavy atom. The number of amides is 2. The van der Waals surface area contributed by atoms with Crippen LogP contribution >= 0.6 is 0 Å². The summed E-state index contributed by atoms with van der Waals surface area (Å²) in [5, 5.41) is 21.9. The van der Waals surface area contributed by atoms with Crippen molar-refractivity contribution in [3.05, 3.63) is 59.9 Å². The molecule has 0 radical (unpaired) electrons. The van der Waals surface area contributed by atoms with Gasteiger partial charge in [0.2, 0.25) is 5.91 Å². The van der Waals surface area contributed by atoms with Crippen molar-refractivity contribution in [2.75, 3.05) is 7.11 Å². The number of rotatable bonds is 10. The van der Waals surface area contributed by atoms with Gasteiger partial charge >= 0.3 is 0 Å². The summed E-state index contributed by atoms with van der Waals surface area (Å²) < 4.78 is 5.27. The van der Waals surface area contributed by atoms with Crippen LogP contribution in [-0.2, 0) is 16.0 Å². The van der Waals surface area contributed by atoms with E-state index in [1.165, 1.54) is 5.48 Å². The molecule has 0 saturated heterocycles. The van der Waals surface area contributed by atoms with E-state index in [-0.39, 0.29) is 18.7 Å². The number of fused-ring (bicyclic) bond motifs is 1. The second-order valence-electron chi connectivity index (χ2n) is 8.68. The van der Waals surface area contributed by atoms with Crippen LogP contribution in [-0.4, -0.2) is 45.3 Å². The molecule has 0 aliphatic carbocycles. The molecule has 9 heteroatoms. The first-order chi connectivity index (χ1) is 15.7. The number of aliphatic hydroxyl groups is 1. The summed E-state index contributed by atoms with van der Waals surface area (Å²) in [5.41, 5.74) is 3.14. The van der Waals surface area contributed by atoms with Gasteiger partial charge in [-0.25, -0.2) is 10.5 Å². The lowest BCUT2D eigenvalue weighted by Crippen LogP contribution is -2.43. The molecule has 1 aromatic heterocycles. The second-order valence-corrected chi connectivity index (χ2v) is 8.68. The summed E-state index contributed by atoms with van der Waals surface area (Å²) in [7, 11) is 1.59. The van der Waals surface area contributed by atoms with E-state index in [1.54, 1.807) is 21.0 Å². The van der Waals surface area contributed by atoms with Crippen molar-refractivity contribution in [2.45, 2.75) is 45.3 Å². The Kier molecular flexibility index (Phi) is 7.67. The first-order valence-electron chi connectivity index (χ1n) is 10.7. The highest BCUT2D eigenvalue weighted by molar-refractivity contribution is 5.81. The number of aliphatic hydroxyl groups excluding tert-OH is 1. The number of hydroxylamine groups is 1. The molecule has 0 aliphatic rings. The Bertz CT molecular complexity index is 1100. The van der Waals surface area contributed by atoms with Gasteiger partial charge in [0.25, 0.3) is 5.91 Å². The number of methoxy groups -OCH3 is 1. The molecule has 0 fully saturated rings. The van der Waals surface area contributed by atoms with Gasteiger partial charge in [-0.15, -0.1) is 0 Å². The van der Waals surface area contributed by atoms with Crippen molar-refractivity contribution in [2.24, 2.45) is 5.41 Å². The number of nitrogens with one attached hydrogen (secondary N) is 3. The maximum absolute atomic E-state index is 12.8. The van der Waals surface area contributed by atoms with E-state index in [1.807, 2.05) is 48.5 Å². The third kappa shape index (κ3) is 6.09. The molecule has 176 valence electrons. The number of carbonyl (C=O) groups is 2. The van der Waals surface area contributed by atoms with Crippen molar-refractivity contribution < 1.29 is 24.6 Å². The number of H-pyrrole nitrogens is 1. The molecule has 0 saturated carbocycles. The third-order valence-corrected chi connectivity index (χ3v) is 5.75. The monoisotopic (exact) mass is 454 g/mol. The minimum absolute atomic E-state index is 0.0854. The van der Waals surface area contributed by atoms with Crippen molar-refractivity contribution in [1.29, 1.82) is 0 Å². The molecule has 3 rings (SSSR count). The molecule has 0 unspecified atom stereocenters. The minimum Gasteiger partial charge on any atom is -0.497 e. The van der Waals surface area contributed by atoms with E-state index in [2.05, 4.69) is 15.3 Å². The van der Waals surface area contributed by atoms with Crippen LogP contribution in [0.25, 0.3) is 11.0 Å². The fourth-order valence-corrected chi connectivity index (χ4v) is 3.62. The lowest BCUT2D eigenvalue weighted by molar-refractivity contribution is -0.144. The van der Waals surface area contributed by atoms with Gasteiger partial charge in [0.1, 0.15) is 17.7 Å². The molecule has 1 heterocycles. The average molecular weight is 455 g/mol. The van der Waals surface area contributed by atoms with Crippen LogP contribution in [0.5, 0.6) is 5.75 Å². The number of ether oxygens (including phenoxy) is 1. The Morgan fingerprint density at radius 2 is 1.91 bits per heavy atom. The van der Waals surface area contributed by atoms with Gasteiger partial charge < -0.3 is 20.1 Å². The topological polar surface area (TPSA) is 137 Å². The first-order valence-corrected chi connectivity index (χ1v) is 10.7. The van der Waals surface area contributed by atoms with Gasteiger partial charge in [-0.2, -0.15) is 0 Å². The van der Waals surface area contributed by atoms with Crippen LogP contribution in [0, 0.1) is 5.41 Å². The van der Waals surface area contributed by atoms with Crippen molar-refractivity contribution in [3.63, 3.8) is 0 Å². The zero-order chi connectivity index (χ0) is 24.0. The van der Waals surface area contributed by atoms with Crippen LogP contribution in [0.2, 0.25) is 0 Å². The van der Waals surface area contributed by atoms with Crippen LogP contribution < -0.4 is 15.5 Å². The van der Waals surface area contributed by atoms with Gasteiger partial charge in [-0.3, -0.25) is 14.8 Å². The zero-order valence-electron chi connectivity index (χ0n) is 19.0. The molecule has 0 aliphatic heterocycles. The van der Waals surface area contributed by atoms with E-state index in [9.17, 15) is 14.7 Å². The normalized spacial score (nSPS) is 13.4. The van der Waals surface area contributed by atoms with Crippen molar-refractivity contribution in [3.8, 4) is 5.75 Å². The lowest BCUT2D eigenvalue weighted by Gasteiger charge is -2.29. The second kappa shape index (κ2) is 10.5. The Labute approximate surface area is 192 Å². The average Bonchev–Trinajstić information content (AvgIpc) is 3.25. The maximum atomic E-state index is 12.8. The SMILES string of the molecule is COc1ccc2[nH]c([C@H](Cc3ccccc3)NC(=O)CCC(C)(C)[C@H](O)C(=O)NO)nc2c1. The highest BCUT2D eigenvalue weighted by Crippen LogP contribution is 2.28. The summed E-state index contributed by atoms with van der Waals surface area (Å²) in [6.07, 6.45) is -0.589. The van der Waals surface area contributed by atoms with E-state index in [0.29, 0.717) is 18.0 Å². The number of nitrogens with zero attached hydrogens (tertiary/aromatic N) is 1. The molecule has 33 heavy (non-hydrogen) atoms. The summed E-state index contributed by atoms with van der Waals surface area (Å²) in [6.45, 7) is 3.32. The predicted octanol–water partition coefficient (Wildman–Crippen LogP) is 2.64. The Hall–Kier alpha value is -3.43. The summed E-state index contributed by atoms with van der Waals surface area (Å²) in [5.74, 6) is 0.171. The zero-order valence-corrected chi connectivity index (χ0v) is 19.0. The minimum atomic E-state index is -1.44. The van der Waals surface area contributed by atoms with Gasteiger partial charge in [0.15, 0.2) is 0 Å². The molecule has 2 aromatic carbocycles. The summed E-state index contributed by atoms with van der Waals surface area (Å²) in [4.78, 5) is 32.4. The highest BCUT2D eigenvalue weighted by Gasteiger charge is 2.34. The molecular formula is C24H30N4O5. The molecule has 9 nitrogen and oxygen atoms in total. The smallest absolute Gasteiger partial charge is 0.272 e. The van der Waals surface area contributed by atoms with E-state index in [4.69, 9.17) is 9.94 Å². The van der Waals surface area contributed by atoms with Gasteiger partial charge in [0.05, 0.1) is 24.2 Å². The largest absolute Gasteiger partial charge is 0.497 e. The van der Waals surface area contributed by atoms with Crippen LogP contribution in [0.4, 0.5) is 0 Å². The van der Waals surface area contributed by atoms with E-state index in [0.717, 1.165) is 16.6 Å². The molecule has 0 spiro atoms. The standard InChI is InChI=1S/C24H30N4O5/c1-24(2,21(30)23(31)28-32)12-11-20(29)25-19(13-15-7-5-4-6-8-15)22-26-17-10-9-16(33-3)14-18(17)27-22/h4-10,14,19,21,30,32H,11-13H2,1-3H3,(H,25,29)(H,26,27)(H,28,31)/t19-,21+/m0/s1. The van der Waals surface area contributed by atoms with Gasteiger partial charge in [-0.1, -0.05) is 44.2 Å². The molecule has 2 atom stereocenters. The van der Waals surface area contributed by atoms with E-state index < -0.39 is 23.5 Å². The predicted molar refractivity (Wildman–Crippen MR) is 123 cm³/mol. The summed E-state index contributed by atoms with van der Waals surface area (Å²) >= 11 is 0. The number of aromatic nitrogens is 2. The number of hydrogen-bond acceptors (Lipinski definition) is 6. The number of aromatic amines is 1. The van der Waals surface area contributed by atoms with E-state index >= 15 is 0 Å². The highest BCUT2D eigenvalue weighted by atomic mass is 16.5. The molecule has 2 amide bonds. The molecule has 0 bridgehead atoms. The fraction of sp³-hybridized carbons (Fsp3) is 0.375. The number of imidazole rings is 1. The molecule has 3 aromatic rings. The first kappa shape index (κ1) is 24.2. The summed E-state index contributed by atoms with van der Waals surface area (Å²) in [6, 6.07) is 14.9. The van der Waals surface area contributed by atoms with Crippen molar-refractivity contribution >= 4 is 22.8 Å². The third-order valence-electron chi connectivity index (χ3n) is 5.75. The Balaban J connectivity index is 1.77. The maximum Gasteiger partial charge on any atom is 0.272 e. The quantitative estimate of drug-likeness (QED) is 0.236. The lowest BCUT2D eigenvalue weighted by atomic mass is 9.81. The molecular weight excluding hydrogens is 424 g/mol. The van der Waals surface area contributed by atoms with Crippen LogP contribution in [0.3, 0.4) is 0 Å². The fourth-order valence-electron chi connectivity index (χ4n) is 3.62.